The Hall–Kier alpha value is -7.65. The van der Waals surface area contributed by atoms with Crippen LogP contribution in [-0.2, 0) is 73.4 Å². The van der Waals surface area contributed by atoms with Crippen molar-refractivity contribution in [3.63, 3.8) is 0 Å². The number of carbonyl (C=O) groups excluding carboxylic acids is 7. The van der Waals surface area contributed by atoms with Crippen molar-refractivity contribution in [2.45, 2.75) is 160 Å². The van der Waals surface area contributed by atoms with Crippen molar-refractivity contribution < 1.29 is 65.9 Å². The number of nitrogens with one attached hydrogen (secondary N) is 5. The summed E-state index contributed by atoms with van der Waals surface area (Å²) in [5.74, 6) is -5.97. The van der Waals surface area contributed by atoms with Gasteiger partial charge in [0.2, 0.25) is 29.5 Å². The van der Waals surface area contributed by atoms with Gasteiger partial charge in [-0.1, -0.05) is 80.1 Å². The van der Waals surface area contributed by atoms with Crippen LogP contribution in [0.5, 0.6) is 5.75 Å². The predicted octanol–water partition coefficient (Wildman–Crippen LogP) is 5.52. The van der Waals surface area contributed by atoms with Crippen LogP contribution in [-0.4, -0.2) is 125 Å². The minimum absolute atomic E-state index is 0.00323. The van der Waals surface area contributed by atoms with Gasteiger partial charge in [0.25, 0.3) is 16.0 Å². The van der Waals surface area contributed by atoms with Crippen molar-refractivity contribution >= 4 is 74.3 Å². The Morgan fingerprint density at radius 2 is 1.45 bits per heavy atom. The van der Waals surface area contributed by atoms with Gasteiger partial charge >= 0.3 is 11.9 Å². The number of hydrogen-bond donors (Lipinski definition) is 7. The number of fused-ring (bicyclic) bond motifs is 2. The molecule has 0 radical (unpaired) electrons. The highest BCUT2D eigenvalue weighted by Crippen LogP contribution is 2.32. The molecular formula is C59H74N6O14S. The summed E-state index contributed by atoms with van der Waals surface area (Å²) in [6.07, 6.45) is 4.02. The lowest BCUT2D eigenvalue weighted by Crippen LogP contribution is -2.59. The Labute approximate surface area is 466 Å². The SMILES string of the molecule is CCC[C@H](NC(=O)[C@H](Cc1ccc(CS(=O)(=O)O)cc1)NC(=O)c1cc(/C=C/C(=O)OC(C)(C)C)cc2c1OCC2)C(=O)N1CCC[C@H]1C(=O)N[C@@H](Cc1cccc2ccccc12)C(=O)N[C@@H](CCCC(=O)O)C(=O)NC(C)(C)C. The van der Waals surface area contributed by atoms with Crippen LogP contribution in [0.3, 0.4) is 0 Å². The van der Waals surface area contributed by atoms with Gasteiger partial charge in [0.1, 0.15) is 47.3 Å². The van der Waals surface area contributed by atoms with Gasteiger partial charge in [-0.15, -0.1) is 0 Å². The molecular weight excluding hydrogens is 1050 g/mol. The van der Waals surface area contributed by atoms with Crippen LogP contribution < -0.4 is 31.3 Å². The van der Waals surface area contributed by atoms with Crippen molar-refractivity contribution in [1.82, 2.24) is 31.5 Å². The van der Waals surface area contributed by atoms with Crippen LogP contribution in [0.25, 0.3) is 16.8 Å². The lowest BCUT2D eigenvalue weighted by molar-refractivity contribution is -0.148. The van der Waals surface area contributed by atoms with Crippen molar-refractivity contribution in [3.8, 4) is 5.75 Å². The van der Waals surface area contributed by atoms with Gasteiger partial charge in [-0.05, 0) is 130 Å². The number of aliphatic carboxylic acids is 1. The summed E-state index contributed by atoms with van der Waals surface area (Å²) < 4.78 is 44.0. The third-order valence-electron chi connectivity index (χ3n) is 13.3. The molecule has 80 heavy (non-hydrogen) atoms. The molecule has 0 unspecified atom stereocenters. The van der Waals surface area contributed by atoms with Gasteiger partial charge in [-0.25, -0.2) is 4.79 Å². The highest BCUT2D eigenvalue weighted by molar-refractivity contribution is 7.85. The second kappa shape index (κ2) is 27.0. The number of hydrogen-bond acceptors (Lipinski definition) is 12. The van der Waals surface area contributed by atoms with E-state index in [0.29, 0.717) is 47.3 Å². The monoisotopic (exact) mass is 1120 g/mol. The molecule has 4 aromatic carbocycles. The lowest BCUT2D eigenvalue weighted by Gasteiger charge is -2.31. The number of ether oxygens (including phenoxy) is 2. The topological polar surface area (TPSA) is 293 Å². The summed E-state index contributed by atoms with van der Waals surface area (Å²) in [7, 11) is -4.36. The molecule has 0 aliphatic carbocycles. The normalized spacial score (nSPS) is 15.9. The molecule has 0 aromatic heterocycles. The molecule has 1 saturated heterocycles. The van der Waals surface area contributed by atoms with Crippen molar-refractivity contribution in [2.75, 3.05) is 13.2 Å². The zero-order chi connectivity index (χ0) is 58.5. The second-order valence-corrected chi connectivity index (χ2v) is 23.8. The molecule has 6 rings (SSSR count). The first kappa shape index (κ1) is 61.6. The molecule has 5 atom stereocenters. The highest BCUT2D eigenvalue weighted by Gasteiger charge is 2.40. The van der Waals surface area contributed by atoms with Crippen LogP contribution >= 0.6 is 0 Å². The zero-order valence-corrected chi connectivity index (χ0v) is 47.2. The maximum atomic E-state index is 14.8. The van der Waals surface area contributed by atoms with Crippen molar-refractivity contribution in [1.29, 1.82) is 0 Å². The van der Waals surface area contributed by atoms with E-state index in [0.717, 1.165) is 10.8 Å². The van der Waals surface area contributed by atoms with E-state index in [9.17, 15) is 56.4 Å². The Morgan fingerprint density at radius 3 is 2.11 bits per heavy atom. The molecule has 2 heterocycles. The third kappa shape index (κ3) is 18.2. The highest BCUT2D eigenvalue weighted by atomic mass is 32.2. The number of amides is 6. The Bertz CT molecular complexity index is 3090. The fourth-order valence-corrected chi connectivity index (χ4v) is 10.3. The quantitative estimate of drug-likeness (QED) is 0.0259. The summed E-state index contributed by atoms with van der Waals surface area (Å²) >= 11 is 0. The van der Waals surface area contributed by atoms with E-state index in [1.807, 2.05) is 49.4 Å². The number of rotatable bonds is 24. The van der Waals surface area contributed by atoms with E-state index in [2.05, 4.69) is 26.6 Å². The third-order valence-corrected chi connectivity index (χ3v) is 14.0. The maximum absolute atomic E-state index is 14.8. The molecule has 20 nitrogen and oxygen atoms in total. The number of carbonyl (C=O) groups is 8. The Balaban J connectivity index is 1.26. The molecule has 0 spiro atoms. The molecule has 0 bridgehead atoms. The fraction of sp³-hybridized carbons (Fsp3) is 0.458. The number of nitrogens with zero attached hydrogens (tertiary/aromatic N) is 1. The van der Waals surface area contributed by atoms with Gasteiger partial charge < -0.3 is 46.1 Å². The summed E-state index contributed by atoms with van der Waals surface area (Å²) in [5, 5.41) is 25.3. The first-order chi connectivity index (χ1) is 37.7. The second-order valence-electron chi connectivity index (χ2n) is 22.3. The molecule has 6 amide bonds. The number of esters is 1. The summed E-state index contributed by atoms with van der Waals surface area (Å²) in [6.45, 7) is 12.7. The largest absolute Gasteiger partial charge is 0.492 e. The molecule has 21 heteroatoms. The van der Waals surface area contributed by atoms with Gasteiger partial charge in [0, 0.05) is 43.8 Å². The minimum atomic E-state index is -4.36. The molecule has 430 valence electrons. The maximum Gasteiger partial charge on any atom is 0.331 e. The molecule has 2 aliphatic rings. The average molecular weight is 1120 g/mol. The minimum Gasteiger partial charge on any atom is -0.492 e. The number of carboxylic acids is 1. The van der Waals surface area contributed by atoms with E-state index in [4.69, 9.17) is 9.47 Å². The number of likely N-dealkylation sites (tertiary alicyclic amines) is 1. The fourth-order valence-electron chi connectivity index (χ4n) is 9.71. The van der Waals surface area contributed by atoms with E-state index in [1.165, 1.54) is 35.3 Å². The smallest absolute Gasteiger partial charge is 0.331 e. The number of benzene rings is 4. The van der Waals surface area contributed by atoms with Gasteiger partial charge in [-0.3, -0.25) is 38.1 Å². The molecule has 4 aromatic rings. The van der Waals surface area contributed by atoms with Crippen LogP contribution in [0, 0.1) is 0 Å². The molecule has 2 aliphatic heterocycles. The summed E-state index contributed by atoms with van der Waals surface area (Å²) in [5.41, 5.74) is 1.28. The van der Waals surface area contributed by atoms with Crippen LogP contribution in [0.4, 0.5) is 0 Å². The lowest BCUT2D eigenvalue weighted by atomic mass is 9.97. The Kier molecular flexibility index (Phi) is 20.8. The van der Waals surface area contributed by atoms with Gasteiger partial charge in [0.15, 0.2) is 0 Å². The Morgan fingerprint density at radius 1 is 0.787 bits per heavy atom. The number of carboxylic acid groups (broad SMARTS) is 1. The van der Waals surface area contributed by atoms with E-state index in [1.54, 1.807) is 59.7 Å². The van der Waals surface area contributed by atoms with Crippen molar-refractivity contribution in [2.24, 2.45) is 0 Å². The zero-order valence-electron chi connectivity index (χ0n) is 46.4. The molecule has 0 saturated carbocycles. The molecule has 7 N–H and O–H groups in total. The van der Waals surface area contributed by atoms with Gasteiger partial charge in [0.05, 0.1) is 12.2 Å². The summed E-state index contributed by atoms with van der Waals surface area (Å²) in [6, 6.07) is 16.3. The van der Waals surface area contributed by atoms with Crippen molar-refractivity contribution in [3.05, 3.63) is 118 Å². The first-order valence-corrected chi connectivity index (χ1v) is 28.5. The first-order valence-electron chi connectivity index (χ1n) is 26.9. The predicted molar refractivity (Wildman–Crippen MR) is 300 cm³/mol. The van der Waals surface area contributed by atoms with E-state index < -0.39 is 105 Å². The molecule has 1 fully saturated rings. The average Bonchev–Trinajstić information content (AvgIpc) is 4.14. The standard InChI is InChI=1S/C59H74N6O14S/c1-8-14-45(61-53(70)46(33-36-22-24-37(25-23-36)35-80(75,76)77)62-52(69)43-32-38(31-41-28-30-78-51(41)43)26-27-50(68)79-59(5,6)7)57(74)65-29-13-20-48(65)56(73)63-47(34-40-17-11-16-39-15-9-10-18-42(39)40)54(71)60-44(19-12-21-49(66)67)55(72)64-58(2,3)4/h9-11,15-18,22-27,31-32,44-48H,8,12-14,19-21,28-30,33-35H2,1-7H3,(H,60,71)(H,61,70)(H,62,69)(H,63,73)(H,64,72)(H,66,67)(H,75,76,77)/b27-26+/t44-,45-,46-,47-,48-/m0/s1. The van der Waals surface area contributed by atoms with E-state index in [-0.39, 0.29) is 69.2 Å². The van der Waals surface area contributed by atoms with Crippen LogP contribution in [0.15, 0.2) is 84.9 Å². The van der Waals surface area contributed by atoms with E-state index >= 15 is 0 Å². The summed E-state index contributed by atoms with van der Waals surface area (Å²) in [4.78, 5) is 112. The van der Waals surface area contributed by atoms with Crippen LogP contribution in [0.1, 0.15) is 132 Å². The van der Waals surface area contributed by atoms with Gasteiger partial charge in [-0.2, -0.15) is 8.42 Å². The van der Waals surface area contributed by atoms with Crippen LogP contribution in [0.2, 0.25) is 0 Å².